The van der Waals surface area contributed by atoms with E-state index in [1.54, 1.807) is 11.0 Å². The van der Waals surface area contributed by atoms with Gasteiger partial charge in [-0.25, -0.2) is 4.68 Å². The summed E-state index contributed by atoms with van der Waals surface area (Å²) in [4.78, 5) is 14.5. The van der Waals surface area contributed by atoms with Crippen LogP contribution in [-0.4, -0.2) is 52.1 Å². The molecular formula is C19H27F3N4O2. The summed E-state index contributed by atoms with van der Waals surface area (Å²) < 4.78 is 47.4. The number of hydrogen-bond acceptors (Lipinski definition) is 4. The topological polar surface area (TPSA) is 59.4 Å². The number of rotatable bonds is 4. The van der Waals surface area contributed by atoms with Crippen molar-refractivity contribution >= 4 is 11.7 Å². The lowest BCUT2D eigenvalue weighted by molar-refractivity contribution is -0.173. The van der Waals surface area contributed by atoms with Crippen molar-refractivity contribution in [3.63, 3.8) is 0 Å². The summed E-state index contributed by atoms with van der Waals surface area (Å²) in [5, 5.41) is 7.50. The number of anilines is 1. The van der Waals surface area contributed by atoms with Gasteiger partial charge in [0.1, 0.15) is 5.82 Å². The Morgan fingerprint density at radius 3 is 2.86 bits per heavy atom. The van der Waals surface area contributed by atoms with Gasteiger partial charge in [-0.3, -0.25) is 4.79 Å². The van der Waals surface area contributed by atoms with E-state index in [-0.39, 0.29) is 30.5 Å². The number of carbonyl (C=O) groups is 1. The molecule has 4 rings (SSSR count). The first-order valence-corrected chi connectivity index (χ1v) is 10.2. The quantitative estimate of drug-likeness (QED) is 0.835. The lowest BCUT2D eigenvalue weighted by atomic mass is 10.0. The summed E-state index contributed by atoms with van der Waals surface area (Å²) in [6.45, 7) is 3.19. The van der Waals surface area contributed by atoms with Crippen molar-refractivity contribution < 1.29 is 22.7 Å². The Kier molecular flexibility index (Phi) is 5.28. The molecule has 4 heterocycles. The molecule has 6 nitrogen and oxygen atoms in total. The molecule has 1 amide bonds. The summed E-state index contributed by atoms with van der Waals surface area (Å²) in [7, 11) is 0. The minimum absolute atomic E-state index is 0.00661. The second-order valence-corrected chi connectivity index (χ2v) is 8.03. The lowest BCUT2D eigenvalue weighted by Crippen LogP contribution is -2.39. The number of alkyl halides is 3. The number of aromatic nitrogens is 2. The van der Waals surface area contributed by atoms with E-state index in [1.807, 2.05) is 6.92 Å². The van der Waals surface area contributed by atoms with Crippen LogP contribution >= 0.6 is 0 Å². The second-order valence-electron chi connectivity index (χ2n) is 8.03. The van der Waals surface area contributed by atoms with Gasteiger partial charge >= 0.3 is 6.18 Å². The molecule has 9 heteroatoms. The van der Waals surface area contributed by atoms with E-state index in [1.165, 1.54) is 0 Å². The predicted molar refractivity (Wildman–Crippen MR) is 96.9 cm³/mol. The van der Waals surface area contributed by atoms with Crippen LogP contribution in [-0.2, 0) is 9.53 Å². The number of nitrogens with zero attached hydrogens (tertiary/aromatic N) is 3. The molecule has 0 saturated carbocycles. The monoisotopic (exact) mass is 400 g/mol. The highest BCUT2D eigenvalue weighted by atomic mass is 19.4. The number of nitrogens with one attached hydrogen (secondary N) is 1. The van der Waals surface area contributed by atoms with Gasteiger partial charge in [-0.15, -0.1) is 0 Å². The van der Waals surface area contributed by atoms with Crippen LogP contribution < -0.4 is 5.32 Å². The zero-order valence-electron chi connectivity index (χ0n) is 16.0. The van der Waals surface area contributed by atoms with Gasteiger partial charge in [-0.05, 0) is 38.5 Å². The number of ether oxygens (including phenoxy) is 1. The molecule has 0 aliphatic carbocycles. The molecule has 1 aromatic heterocycles. The molecule has 0 spiro atoms. The number of halogens is 3. The summed E-state index contributed by atoms with van der Waals surface area (Å²) in [5.74, 6) is 0.404. The minimum Gasteiger partial charge on any atom is -0.378 e. The summed E-state index contributed by atoms with van der Waals surface area (Å²) >= 11 is 0. The van der Waals surface area contributed by atoms with Gasteiger partial charge < -0.3 is 15.0 Å². The first kappa shape index (κ1) is 19.5. The standard InChI is InChI=1S/C19H27F3N4O2/c1-2-12-9-16(19(20,21)22)26-17(23-12)11-14(24-26)15-6-3-7-25(15)18(27)10-13-5-4-8-28-13/h11-13,15-16,23H,2-10H2,1H3/t12-,13-,15+,16-/m1/s1. The zero-order chi connectivity index (χ0) is 19.9. The largest absolute Gasteiger partial charge is 0.410 e. The normalized spacial score (nSPS) is 30.4. The van der Waals surface area contributed by atoms with E-state index >= 15 is 0 Å². The SMILES string of the molecule is CC[C@@H]1C[C@H](C(F)(F)F)n2nc([C@@H]3CCCN3C(=O)C[C@H]3CCCO3)cc2N1. The average molecular weight is 400 g/mol. The molecule has 1 N–H and O–H groups in total. The molecule has 28 heavy (non-hydrogen) atoms. The summed E-state index contributed by atoms with van der Waals surface area (Å²) in [6.07, 6.45) is -0.0472. The van der Waals surface area contributed by atoms with Gasteiger partial charge in [0, 0.05) is 25.3 Å². The highest BCUT2D eigenvalue weighted by molar-refractivity contribution is 5.77. The molecule has 0 unspecified atom stereocenters. The van der Waals surface area contributed by atoms with Gasteiger partial charge in [0.15, 0.2) is 6.04 Å². The lowest BCUT2D eigenvalue weighted by Gasteiger charge is -2.32. The Bertz CT molecular complexity index is 715. The van der Waals surface area contributed by atoms with Gasteiger partial charge in [0.2, 0.25) is 5.91 Å². The van der Waals surface area contributed by atoms with Crippen LogP contribution in [0, 0.1) is 0 Å². The molecule has 1 aromatic rings. The van der Waals surface area contributed by atoms with Crippen molar-refractivity contribution in [3.05, 3.63) is 11.8 Å². The van der Waals surface area contributed by atoms with Crippen LogP contribution in [0.1, 0.15) is 69.6 Å². The van der Waals surface area contributed by atoms with Crippen LogP contribution in [0.4, 0.5) is 19.0 Å². The average Bonchev–Trinajstić information content (AvgIpc) is 3.38. The minimum atomic E-state index is -4.35. The molecule has 3 aliphatic heterocycles. The van der Waals surface area contributed by atoms with Gasteiger partial charge in [0.05, 0.1) is 24.3 Å². The van der Waals surface area contributed by atoms with Crippen molar-refractivity contribution in [1.29, 1.82) is 0 Å². The molecule has 3 aliphatic rings. The van der Waals surface area contributed by atoms with Crippen LogP contribution in [0.2, 0.25) is 0 Å². The van der Waals surface area contributed by atoms with Crippen LogP contribution in [0.3, 0.4) is 0 Å². The molecule has 4 atom stereocenters. The van der Waals surface area contributed by atoms with Crippen molar-refractivity contribution in [2.24, 2.45) is 0 Å². The van der Waals surface area contributed by atoms with Gasteiger partial charge in [-0.2, -0.15) is 18.3 Å². The number of carbonyl (C=O) groups excluding carboxylic acids is 1. The van der Waals surface area contributed by atoms with Gasteiger partial charge in [-0.1, -0.05) is 6.92 Å². The highest BCUT2D eigenvalue weighted by Gasteiger charge is 2.46. The molecule has 2 fully saturated rings. The van der Waals surface area contributed by atoms with E-state index < -0.39 is 12.2 Å². The Morgan fingerprint density at radius 1 is 1.36 bits per heavy atom. The Morgan fingerprint density at radius 2 is 2.18 bits per heavy atom. The van der Waals surface area contributed by atoms with Crippen molar-refractivity contribution in [2.75, 3.05) is 18.5 Å². The van der Waals surface area contributed by atoms with Crippen LogP contribution in [0.5, 0.6) is 0 Å². The third-order valence-corrected chi connectivity index (χ3v) is 6.12. The predicted octanol–water partition coefficient (Wildman–Crippen LogP) is 3.81. The molecular weight excluding hydrogens is 373 g/mol. The van der Waals surface area contributed by atoms with E-state index in [4.69, 9.17) is 4.74 Å². The smallest absolute Gasteiger partial charge is 0.378 e. The number of fused-ring (bicyclic) bond motifs is 1. The summed E-state index contributed by atoms with van der Waals surface area (Å²) in [6, 6.07) is -0.421. The van der Waals surface area contributed by atoms with Crippen molar-refractivity contribution in [3.8, 4) is 0 Å². The maximum atomic E-state index is 13.6. The summed E-state index contributed by atoms with van der Waals surface area (Å²) in [5.41, 5.74) is 0.548. The van der Waals surface area contributed by atoms with E-state index in [9.17, 15) is 18.0 Å². The van der Waals surface area contributed by atoms with E-state index in [0.29, 0.717) is 37.5 Å². The maximum Gasteiger partial charge on any atom is 0.410 e. The third-order valence-electron chi connectivity index (χ3n) is 6.12. The fraction of sp³-hybridized carbons (Fsp3) is 0.789. The number of likely N-dealkylation sites (tertiary alicyclic amines) is 1. The van der Waals surface area contributed by atoms with Crippen LogP contribution in [0.15, 0.2) is 6.07 Å². The van der Waals surface area contributed by atoms with Crippen molar-refractivity contribution in [2.45, 2.75) is 82.3 Å². The Labute approximate surface area is 162 Å². The molecule has 156 valence electrons. The maximum absolute atomic E-state index is 13.6. The molecule has 0 bridgehead atoms. The first-order chi connectivity index (χ1) is 13.4. The highest BCUT2D eigenvalue weighted by Crippen LogP contribution is 2.42. The number of hydrogen-bond donors (Lipinski definition) is 1. The third kappa shape index (κ3) is 3.73. The first-order valence-electron chi connectivity index (χ1n) is 10.2. The number of amides is 1. The Balaban J connectivity index is 1.55. The van der Waals surface area contributed by atoms with Crippen molar-refractivity contribution in [1.82, 2.24) is 14.7 Å². The Hall–Kier alpha value is -1.77. The van der Waals surface area contributed by atoms with Crippen LogP contribution in [0.25, 0.3) is 0 Å². The molecule has 2 saturated heterocycles. The zero-order valence-corrected chi connectivity index (χ0v) is 16.0. The van der Waals surface area contributed by atoms with E-state index in [0.717, 1.165) is 30.4 Å². The fourth-order valence-corrected chi connectivity index (χ4v) is 4.59. The fourth-order valence-electron chi connectivity index (χ4n) is 4.59. The second kappa shape index (κ2) is 7.57. The van der Waals surface area contributed by atoms with Gasteiger partial charge in [0.25, 0.3) is 0 Å². The molecule has 0 aromatic carbocycles. The molecule has 0 radical (unpaired) electrons. The van der Waals surface area contributed by atoms with E-state index in [2.05, 4.69) is 10.4 Å².